The molecule has 1 unspecified atom stereocenters. The Morgan fingerprint density at radius 2 is 1.93 bits per heavy atom. The third-order valence-corrected chi connectivity index (χ3v) is 5.85. The van der Waals surface area contributed by atoms with Crippen molar-refractivity contribution in [2.75, 3.05) is 5.32 Å². The van der Waals surface area contributed by atoms with Crippen molar-refractivity contribution < 1.29 is 18.8 Å². The van der Waals surface area contributed by atoms with Crippen molar-refractivity contribution in [2.45, 2.75) is 30.7 Å². The minimum Gasteiger partial charge on any atom is -0.454 e. The van der Waals surface area contributed by atoms with Crippen LogP contribution in [0.2, 0.25) is 10.0 Å². The predicted molar refractivity (Wildman–Crippen MR) is 98.6 cm³/mol. The molecule has 0 bridgehead atoms. The summed E-state index contributed by atoms with van der Waals surface area (Å²) in [7, 11) is 0. The molecule has 2 aliphatic rings. The molecule has 1 N–H and O–H groups in total. The van der Waals surface area contributed by atoms with E-state index in [2.05, 4.69) is 5.32 Å². The molecule has 140 valence electrons. The van der Waals surface area contributed by atoms with Crippen LogP contribution in [0, 0.1) is 15.9 Å². The second-order valence-electron chi connectivity index (χ2n) is 6.69. The summed E-state index contributed by atoms with van der Waals surface area (Å²) in [4.78, 5) is 21.7. The monoisotopic (exact) mass is 410 g/mol. The Hall–Kier alpha value is -2.38. The Kier molecular flexibility index (Phi) is 4.24. The van der Waals surface area contributed by atoms with Gasteiger partial charge < -0.3 is 14.8 Å². The number of halogens is 3. The summed E-state index contributed by atoms with van der Waals surface area (Å²) in [5.74, 6) is -0.389. The molecule has 27 heavy (non-hydrogen) atoms. The summed E-state index contributed by atoms with van der Waals surface area (Å²) >= 11 is 12.1. The number of nitrogens with one attached hydrogen (secondary N) is 1. The highest BCUT2D eigenvalue weighted by Crippen LogP contribution is 2.55. The van der Waals surface area contributed by atoms with E-state index in [0.717, 1.165) is 37.7 Å². The highest BCUT2D eigenvalue weighted by Gasteiger charge is 2.52. The van der Waals surface area contributed by atoms with Gasteiger partial charge in [-0.05, 0) is 24.5 Å². The molecule has 0 saturated heterocycles. The van der Waals surface area contributed by atoms with Crippen LogP contribution in [0.3, 0.4) is 0 Å². The lowest BCUT2D eigenvalue weighted by atomic mass is 9.62. The fourth-order valence-corrected chi connectivity index (χ4v) is 4.36. The topological polar surface area (TPSA) is 81.5 Å². The van der Waals surface area contributed by atoms with Gasteiger partial charge in [-0.15, -0.1) is 0 Å². The molecule has 0 aromatic heterocycles. The fraction of sp³-hybridized carbons (Fsp3) is 0.278. The zero-order valence-corrected chi connectivity index (χ0v) is 15.3. The van der Waals surface area contributed by atoms with Crippen LogP contribution in [-0.4, -0.2) is 17.3 Å². The van der Waals surface area contributed by atoms with Crippen molar-refractivity contribution >= 4 is 40.9 Å². The smallest absolute Gasteiger partial charge is 0.272 e. The summed E-state index contributed by atoms with van der Waals surface area (Å²) < 4.78 is 20.3. The Morgan fingerprint density at radius 3 is 2.44 bits per heavy atom. The van der Waals surface area contributed by atoms with Crippen molar-refractivity contribution in [3.8, 4) is 11.5 Å². The number of aldehydes is 1. The molecule has 1 aliphatic heterocycles. The lowest BCUT2D eigenvalue weighted by molar-refractivity contribution is -0.384. The number of nitro benzene ring substituents is 1. The molecule has 1 saturated carbocycles. The van der Waals surface area contributed by atoms with Gasteiger partial charge in [-0.25, -0.2) is 4.39 Å². The van der Waals surface area contributed by atoms with Crippen molar-refractivity contribution in [3.63, 3.8) is 0 Å². The standard InChI is InChI=1S/C18H13Cl2FN2O4/c19-12-4-9(23(25)26)5-13(20)17(12)27-10-6-11-16(14(21)7-10)22-15(8-24)18(11)2-1-3-18/h4-8,15,22H,1-3H2. The number of carbonyl (C=O) groups excluding carboxylic acids is 1. The van der Waals surface area contributed by atoms with E-state index in [0.29, 0.717) is 11.3 Å². The Labute approximate surface area is 163 Å². The van der Waals surface area contributed by atoms with E-state index >= 15 is 0 Å². The van der Waals surface area contributed by atoms with Gasteiger partial charge in [0.25, 0.3) is 5.69 Å². The van der Waals surface area contributed by atoms with Gasteiger partial charge in [0.1, 0.15) is 17.9 Å². The van der Waals surface area contributed by atoms with Gasteiger partial charge in [0.2, 0.25) is 0 Å². The molecule has 1 spiro atoms. The number of anilines is 1. The summed E-state index contributed by atoms with van der Waals surface area (Å²) in [5, 5.41) is 13.7. The van der Waals surface area contributed by atoms with E-state index in [-0.39, 0.29) is 27.2 Å². The minimum atomic E-state index is -0.623. The van der Waals surface area contributed by atoms with Crippen molar-refractivity contribution in [1.29, 1.82) is 0 Å². The lowest BCUT2D eigenvalue weighted by Gasteiger charge is -2.41. The SMILES string of the molecule is O=CC1Nc2c(F)cc(Oc3c(Cl)cc([N+](=O)[O-])cc3Cl)cc2C12CCC2. The second kappa shape index (κ2) is 6.35. The van der Waals surface area contributed by atoms with Crippen molar-refractivity contribution in [2.24, 2.45) is 0 Å². The van der Waals surface area contributed by atoms with Crippen LogP contribution in [0.4, 0.5) is 15.8 Å². The van der Waals surface area contributed by atoms with E-state index in [9.17, 15) is 19.3 Å². The number of carbonyl (C=O) groups is 1. The predicted octanol–water partition coefficient (Wildman–Crippen LogP) is 5.25. The molecule has 0 radical (unpaired) electrons. The maximum atomic E-state index is 14.6. The Balaban J connectivity index is 1.74. The highest BCUT2D eigenvalue weighted by atomic mass is 35.5. The molecule has 1 heterocycles. The van der Waals surface area contributed by atoms with Gasteiger partial charge >= 0.3 is 0 Å². The normalized spacial score (nSPS) is 19.1. The van der Waals surface area contributed by atoms with Crippen LogP contribution in [0.25, 0.3) is 0 Å². The second-order valence-corrected chi connectivity index (χ2v) is 7.51. The van der Waals surface area contributed by atoms with Crippen LogP contribution < -0.4 is 10.1 Å². The molecule has 0 amide bonds. The fourth-order valence-electron chi connectivity index (χ4n) is 3.81. The van der Waals surface area contributed by atoms with Gasteiger partial charge in [-0.1, -0.05) is 29.6 Å². The van der Waals surface area contributed by atoms with Crippen LogP contribution in [-0.2, 0) is 10.2 Å². The Morgan fingerprint density at radius 1 is 1.26 bits per heavy atom. The first-order valence-corrected chi connectivity index (χ1v) is 8.98. The first-order valence-electron chi connectivity index (χ1n) is 8.23. The van der Waals surface area contributed by atoms with Crippen molar-refractivity contribution in [1.82, 2.24) is 0 Å². The van der Waals surface area contributed by atoms with Crippen LogP contribution in [0.15, 0.2) is 24.3 Å². The molecular weight excluding hydrogens is 398 g/mol. The Bertz CT molecular complexity index is 955. The lowest BCUT2D eigenvalue weighted by Crippen LogP contribution is -2.45. The number of non-ortho nitro benzene ring substituents is 1. The van der Waals surface area contributed by atoms with Gasteiger partial charge in [-0.3, -0.25) is 10.1 Å². The maximum absolute atomic E-state index is 14.6. The molecule has 2 aromatic carbocycles. The quantitative estimate of drug-likeness (QED) is 0.422. The summed E-state index contributed by atoms with van der Waals surface area (Å²) in [5.41, 5.74) is 0.291. The highest BCUT2D eigenvalue weighted by molar-refractivity contribution is 6.37. The van der Waals surface area contributed by atoms with E-state index < -0.39 is 22.2 Å². The number of fused-ring (bicyclic) bond motifs is 2. The number of rotatable bonds is 4. The van der Waals surface area contributed by atoms with E-state index in [4.69, 9.17) is 27.9 Å². The van der Waals surface area contributed by atoms with E-state index in [1.165, 1.54) is 6.07 Å². The number of benzene rings is 2. The minimum absolute atomic E-state index is 0.00355. The van der Waals surface area contributed by atoms with Gasteiger partial charge in [0.15, 0.2) is 5.75 Å². The zero-order chi connectivity index (χ0) is 19.3. The van der Waals surface area contributed by atoms with Crippen LogP contribution in [0.1, 0.15) is 24.8 Å². The van der Waals surface area contributed by atoms with Gasteiger partial charge in [0.05, 0.1) is 26.7 Å². The number of nitro groups is 1. The number of ether oxygens (including phenoxy) is 1. The maximum Gasteiger partial charge on any atom is 0.272 e. The number of hydrogen-bond donors (Lipinski definition) is 1. The van der Waals surface area contributed by atoms with E-state index in [1.807, 2.05) is 0 Å². The number of hydrogen-bond acceptors (Lipinski definition) is 5. The largest absolute Gasteiger partial charge is 0.454 e. The third kappa shape index (κ3) is 2.73. The molecule has 2 aromatic rings. The first-order chi connectivity index (χ1) is 12.9. The molecule has 1 atom stereocenters. The average molecular weight is 411 g/mol. The molecule has 1 fully saturated rings. The molecular formula is C18H13Cl2FN2O4. The van der Waals surface area contributed by atoms with Crippen LogP contribution >= 0.6 is 23.2 Å². The van der Waals surface area contributed by atoms with Crippen LogP contribution in [0.5, 0.6) is 11.5 Å². The summed E-state index contributed by atoms with van der Waals surface area (Å²) in [6.45, 7) is 0. The summed E-state index contributed by atoms with van der Waals surface area (Å²) in [6.07, 6.45) is 3.32. The summed E-state index contributed by atoms with van der Waals surface area (Å²) in [6, 6.07) is 4.59. The molecule has 9 heteroatoms. The molecule has 1 aliphatic carbocycles. The number of nitrogens with zero attached hydrogens (tertiary/aromatic N) is 1. The molecule has 6 nitrogen and oxygen atoms in total. The third-order valence-electron chi connectivity index (χ3n) is 5.29. The average Bonchev–Trinajstić information content (AvgIpc) is 2.92. The first kappa shape index (κ1) is 18.0. The van der Waals surface area contributed by atoms with E-state index in [1.54, 1.807) is 6.07 Å². The van der Waals surface area contributed by atoms with Gasteiger partial charge in [-0.2, -0.15) is 0 Å². The van der Waals surface area contributed by atoms with Gasteiger partial charge in [0, 0.05) is 23.6 Å². The molecule has 4 rings (SSSR count). The zero-order valence-electron chi connectivity index (χ0n) is 13.8. The van der Waals surface area contributed by atoms with Crippen molar-refractivity contribution in [3.05, 3.63) is 55.8 Å².